The highest BCUT2D eigenvalue weighted by Crippen LogP contribution is 2.33. The Morgan fingerprint density at radius 1 is 1.10 bits per heavy atom. The van der Waals surface area contributed by atoms with Crippen molar-refractivity contribution in [1.29, 1.82) is 0 Å². The molecule has 7 heteroatoms. The van der Waals surface area contributed by atoms with Crippen LogP contribution in [0.25, 0.3) is 11.3 Å². The number of amides is 3. The number of nitrogens with one attached hydrogen (secondary N) is 1. The van der Waals surface area contributed by atoms with Crippen LogP contribution < -0.4 is 5.32 Å². The first-order chi connectivity index (χ1) is 14.0. The lowest BCUT2D eigenvalue weighted by atomic mass is 9.82. The summed E-state index contributed by atoms with van der Waals surface area (Å²) in [5.41, 5.74) is 1.73. The van der Waals surface area contributed by atoms with E-state index in [1.165, 1.54) is 0 Å². The topological polar surface area (TPSA) is 99.6 Å². The van der Waals surface area contributed by atoms with E-state index in [4.69, 9.17) is 0 Å². The van der Waals surface area contributed by atoms with Crippen LogP contribution in [0.1, 0.15) is 48.0 Å². The van der Waals surface area contributed by atoms with Gasteiger partial charge >= 0.3 is 6.03 Å². The summed E-state index contributed by atoms with van der Waals surface area (Å²) in [7, 11) is 0. The number of carbonyl (C=O) groups excluding carboxylic acids is 3. The number of ketones is 1. The van der Waals surface area contributed by atoms with Crippen LogP contribution in [0.5, 0.6) is 0 Å². The molecular weight excluding hydrogens is 370 g/mol. The molecule has 29 heavy (non-hydrogen) atoms. The molecule has 1 aromatic heterocycles. The van der Waals surface area contributed by atoms with Crippen molar-refractivity contribution >= 4 is 17.7 Å². The van der Waals surface area contributed by atoms with E-state index in [1.54, 1.807) is 42.6 Å². The van der Waals surface area contributed by atoms with Gasteiger partial charge in [-0.1, -0.05) is 49.6 Å². The van der Waals surface area contributed by atoms with Crippen molar-refractivity contribution in [2.45, 2.75) is 44.2 Å². The minimum atomic E-state index is -0.820. The number of urea groups is 1. The molecule has 150 valence electrons. The summed E-state index contributed by atoms with van der Waals surface area (Å²) in [6, 6.07) is 9.88. The molecule has 1 aromatic carbocycles. The van der Waals surface area contributed by atoms with Crippen LogP contribution in [-0.4, -0.2) is 44.8 Å². The molecule has 2 aliphatic rings. The van der Waals surface area contributed by atoms with Crippen LogP contribution in [0.2, 0.25) is 0 Å². The SMILES string of the molecule is O=C(CN1C(=O)NC2(CCCCC2)C1=O)c1ccc(-c2ncccc2CO)cc1. The molecule has 1 aliphatic heterocycles. The molecule has 2 aromatic rings. The van der Waals surface area contributed by atoms with Gasteiger partial charge in [0, 0.05) is 22.9 Å². The molecule has 0 bridgehead atoms. The van der Waals surface area contributed by atoms with Crippen LogP contribution in [-0.2, 0) is 11.4 Å². The van der Waals surface area contributed by atoms with Crippen LogP contribution in [0.4, 0.5) is 4.79 Å². The van der Waals surface area contributed by atoms with E-state index in [9.17, 15) is 19.5 Å². The summed E-state index contributed by atoms with van der Waals surface area (Å²) in [4.78, 5) is 43.2. The number of nitrogens with zero attached hydrogens (tertiary/aromatic N) is 2. The van der Waals surface area contributed by atoms with E-state index in [2.05, 4.69) is 10.3 Å². The third-order valence-electron chi connectivity index (χ3n) is 5.80. The summed E-state index contributed by atoms with van der Waals surface area (Å²) in [5.74, 6) is -0.579. The fourth-order valence-electron chi connectivity index (χ4n) is 4.19. The Morgan fingerprint density at radius 3 is 2.52 bits per heavy atom. The molecule has 1 aliphatic carbocycles. The van der Waals surface area contributed by atoms with Gasteiger partial charge < -0.3 is 10.4 Å². The fourth-order valence-corrected chi connectivity index (χ4v) is 4.19. The first kappa shape index (κ1) is 19.3. The average Bonchev–Trinajstić information content (AvgIpc) is 2.98. The van der Waals surface area contributed by atoms with Gasteiger partial charge in [-0.05, 0) is 18.9 Å². The van der Waals surface area contributed by atoms with Crippen LogP contribution in [0.15, 0.2) is 42.6 Å². The molecule has 0 radical (unpaired) electrons. The summed E-state index contributed by atoms with van der Waals surface area (Å²) in [5, 5.41) is 12.3. The Morgan fingerprint density at radius 2 is 1.83 bits per heavy atom. The molecule has 0 atom stereocenters. The first-order valence-corrected chi connectivity index (χ1v) is 9.86. The minimum absolute atomic E-state index is 0.127. The van der Waals surface area contributed by atoms with Gasteiger partial charge in [0.15, 0.2) is 5.78 Å². The zero-order chi connectivity index (χ0) is 20.4. The Bertz CT molecular complexity index is 949. The van der Waals surface area contributed by atoms with E-state index in [0.717, 1.165) is 29.7 Å². The average molecular weight is 393 g/mol. The number of imide groups is 1. The summed E-state index contributed by atoms with van der Waals surface area (Å²) < 4.78 is 0. The van der Waals surface area contributed by atoms with Crippen molar-refractivity contribution in [3.05, 3.63) is 53.7 Å². The second-order valence-electron chi connectivity index (χ2n) is 7.63. The number of aliphatic hydroxyl groups is 1. The van der Waals surface area contributed by atoms with Gasteiger partial charge in [-0.3, -0.25) is 19.5 Å². The number of rotatable bonds is 5. The monoisotopic (exact) mass is 393 g/mol. The fraction of sp³-hybridized carbons (Fsp3) is 0.364. The maximum atomic E-state index is 12.8. The third kappa shape index (κ3) is 3.53. The molecule has 2 fully saturated rings. The van der Waals surface area contributed by atoms with E-state index in [0.29, 0.717) is 29.7 Å². The first-order valence-electron chi connectivity index (χ1n) is 9.86. The van der Waals surface area contributed by atoms with E-state index in [1.807, 2.05) is 0 Å². The Hall–Kier alpha value is -3.06. The molecule has 4 rings (SSSR count). The molecule has 1 saturated heterocycles. The molecule has 2 heterocycles. The number of Topliss-reactive ketones (excluding diaryl/α,β-unsaturated/α-hetero) is 1. The van der Waals surface area contributed by atoms with E-state index >= 15 is 0 Å². The summed E-state index contributed by atoms with van der Waals surface area (Å²) >= 11 is 0. The number of pyridine rings is 1. The predicted molar refractivity (Wildman–Crippen MR) is 106 cm³/mol. The van der Waals surface area contributed by atoms with Crippen LogP contribution >= 0.6 is 0 Å². The standard InChI is InChI=1S/C22H23N3O4/c26-14-17-5-4-12-23-19(17)16-8-6-15(7-9-16)18(27)13-25-20(28)22(24-21(25)29)10-2-1-3-11-22/h4-9,12,26H,1-3,10-11,13-14H2,(H,24,29). The number of aromatic nitrogens is 1. The zero-order valence-electron chi connectivity index (χ0n) is 16.1. The maximum absolute atomic E-state index is 12.8. The van der Waals surface area contributed by atoms with Crippen molar-refractivity contribution in [1.82, 2.24) is 15.2 Å². The lowest BCUT2D eigenvalue weighted by molar-refractivity contribution is -0.132. The number of hydrogen-bond donors (Lipinski definition) is 2. The number of carbonyl (C=O) groups is 3. The summed E-state index contributed by atoms with van der Waals surface area (Å²) in [6.07, 6.45) is 5.77. The van der Waals surface area contributed by atoms with Crippen LogP contribution in [0, 0.1) is 0 Å². The van der Waals surface area contributed by atoms with Gasteiger partial charge in [0.2, 0.25) is 0 Å². The maximum Gasteiger partial charge on any atom is 0.325 e. The molecule has 7 nitrogen and oxygen atoms in total. The molecule has 2 N–H and O–H groups in total. The number of hydrogen-bond acceptors (Lipinski definition) is 5. The van der Waals surface area contributed by atoms with Crippen molar-refractivity contribution < 1.29 is 19.5 Å². The third-order valence-corrected chi connectivity index (χ3v) is 5.80. The summed E-state index contributed by atoms with van der Waals surface area (Å²) in [6.45, 7) is -0.394. The molecule has 1 spiro atoms. The highest BCUT2D eigenvalue weighted by atomic mass is 16.3. The number of benzene rings is 1. The Balaban J connectivity index is 1.49. The minimum Gasteiger partial charge on any atom is -0.392 e. The lowest BCUT2D eigenvalue weighted by Crippen LogP contribution is -2.48. The van der Waals surface area contributed by atoms with Crippen molar-refractivity contribution in [2.75, 3.05) is 6.54 Å². The van der Waals surface area contributed by atoms with Crippen LogP contribution in [0.3, 0.4) is 0 Å². The second-order valence-corrected chi connectivity index (χ2v) is 7.63. The zero-order valence-corrected chi connectivity index (χ0v) is 16.1. The quantitative estimate of drug-likeness (QED) is 0.601. The smallest absolute Gasteiger partial charge is 0.325 e. The van der Waals surface area contributed by atoms with Gasteiger partial charge in [-0.25, -0.2) is 4.79 Å². The molecule has 0 unspecified atom stereocenters. The Labute approximate surface area is 168 Å². The Kier molecular flexibility index (Phi) is 5.15. The molecular formula is C22H23N3O4. The van der Waals surface area contributed by atoms with Gasteiger partial charge in [0.25, 0.3) is 5.91 Å². The normalized spacial score (nSPS) is 18.2. The molecule has 1 saturated carbocycles. The lowest BCUT2D eigenvalue weighted by Gasteiger charge is -2.30. The van der Waals surface area contributed by atoms with Crippen molar-refractivity contribution in [2.24, 2.45) is 0 Å². The van der Waals surface area contributed by atoms with Crippen molar-refractivity contribution in [3.63, 3.8) is 0 Å². The second kappa shape index (κ2) is 7.75. The predicted octanol–water partition coefficient (Wildman–Crippen LogP) is 2.68. The van der Waals surface area contributed by atoms with Crippen molar-refractivity contribution in [3.8, 4) is 11.3 Å². The number of aliphatic hydroxyl groups excluding tert-OH is 1. The van der Waals surface area contributed by atoms with Gasteiger partial charge in [-0.2, -0.15) is 0 Å². The van der Waals surface area contributed by atoms with Gasteiger partial charge in [0.05, 0.1) is 18.8 Å². The highest BCUT2D eigenvalue weighted by Gasteiger charge is 2.51. The van der Waals surface area contributed by atoms with E-state index in [-0.39, 0.29) is 24.8 Å². The largest absolute Gasteiger partial charge is 0.392 e. The van der Waals surface area contributed by atoms with E-state index < -0.39 is 11.6 Å². The van der Waals surface area contributed by atoms with Gasteiger partial charge in [-0.15, -0.1) is 0 Å². The molecule has 3 amide bonds. The highest BCUT2D eigenvalue weighted by molar-refractivity contribution is 6.11. The van der Waals surface area contributed by atoms with Gasteiger partial charge in [0.1, 0.15) is 5.54 Å².